The summed E-state index contributed by atoms with van der Waals surface area (Å²) in [5.41, 5.74) is 6.09. The average molecular weight is 352 g/mol. The predicted molar refractivity (Wildman–Crippen MR) is 99.6 cm³/mol. The molecule has 3 rings (SSSR count). The normalized spacial score (nSPS) is 10.9. The molecule has 0 saturated carbocycles. The van der Waals surface area contributed by atoms with Crippen molar-refractivity contribution in [3.63, 3.8) is 0 Å². The molecule has 2 aromatic carbocycles. The Labute approximate surface area is 151 Å². The van der Waals surface area contributed by atoms with Crippen LogP contribution in [0, 0.1) is 27.7 Å². The number of hydrogen-bond donors (Lipinski definition) is 0. The van der Waals surface area contributed by atoms with E-state index in [1.54, 1.807) is 4.68 Å². The highest BCUT2D eigenvalue weighted by atomic mass is 32.2. The van der Waals surface area contributed by atoms with Gasteiger partial charge >= 0.3 is 0 Å². The van der Waals surface area contributed by atoms with E-state index >= 15 is 0 Å². The fraction of sp³-hybridized carbons (Fsp3) is 0.263. The van der Waals surface area contributed by atoms with Gasteiger partial charge in [-0.2, -0.15) is 4.68 Å². The molecule has 0 bridgehead atoms. The van der Waals surface area contributed by atoms with Crippen LogP contribution in [0.3, 0.4) is 0 Å². The molecule has 0 N–H and O–H groups in total. The van der Waals surface area contributed by atoms with Gasteiger partial charge in [0.2, 0.25) is 5.16 Å². The van der Waals surface area contributed by atoms with Crippen LogP contribution < -0.4 is 0 Å². The topological polar surface area (TPSA) is 60.7 Å². The Hall–Kier alpha value is -2.47. The zero-order valence-electron chi connectivity index (χ0n) is 14.8. The molecule has 0 aliphatic carbocycles. The van der Waals surface area contributed by atoms with E-state index in [9.17, 15) is 4.79 Å². The van der Waals surface area contributed by atoms with Crippen LogP contribution >= 0.6 is 11.8 Å². The van der Waals surface area contributed by atoms with Crippen LogP contribution in [0.5, 0.6) is 0 Å². The molecule has 0 amide bonds. The molecule has 0 aliphatic rings. The van der Waals surface area contributed by atoms with Crippen molar-refractivity contribution >= 4 is 17.5 Å². The maximum absolute atomic E-state index is 12.8. The van der Waals surface area contributed by atoms with Gasteiger partial charge in [-0.05, 0) is 72.5 Å². The number of rotatable bonds is 5. The Morgan fingerprint density at radius 2 is 1.68 bits per heavy atom. The summed E-state index contributed by atoms with van der Waals surface area (Å²) < 4.78 is 1.65. The summed E-state index contributed by atoms with van der Waals surface area (Å²) in [6.45, 7) is 8.10. The Kier molecular flexibility index (Phi) is 4.99. The molecule has 1 aromatic heterocycles. The average Bonchev–Trinajstić information content (AvgIpc) is 3.08. The van der Waals surface area contributed by atoms with Crippen molar-refractivity contribution < 1.29 is 4.79 Å². The van der Waals surface area contributed by atoms with Crippen LogP contribution in [-0.2, 0) is 0 Å². The lowest BCUT2D eigenvalue weighted by atomic mass is 9.92. The molecule has 0 fully saturated rings. The second kappa shape index (κ2) is 7.19. The third kappa shape index (κ3) is 3.49. The summed E-state index contributed by atoms with van der Waals surface area (Å²) in [4.78, 5) is 12.8. The first-order chi connectivity index (χ1) is 12.0. The highest BCUT2D eigenvalue weighted by Gasteiger charge is 2.18. The molecular weight excluding hydrogens is 332 g/mol. The molecule has 5 nitrogen and oxygen atoms in total. The van der Waals surface area contributed by atoms with Gasteiger partial charge in [0.05, 0.1) is 11.4 Å². The number of Topliss-reactive ketones (excluding diaryl/α,β-unsaturated/α-hetero) is 1. The summed E-state index contributed by atoms with van der Waals surface area (Å²) >= 11 is 1.36. The van der Waals surface area contributed by atoms with Crippen molar-refractivity contribution in [3.8, 4) is 5.69 Å². The molecular formula is C19H20N4OS. The molecule has 128 valence electrons. The zero-order chi connectivity index (χ0) is 18.0. The van der Waals surface area contributed by atoms with Gasteiger partial charge in [0, 0.05) is 5.56 Å². The Bertz CT molecular complexity index is 892. The summed E-state index contributed by atoms with van der Waals surface area (Å²) in [6.07, 6.45) is 0. The number of nitrogens with zero attached hydrogens (tertiary/aromatic N) is 4. The number of benzene rings is 2. The fourth-order valence-corrected chi connectivity index (χ4v) is 3.60. The summed E-state index contributed by atoms with van der Waals surface area (Å²) in [7, 11) is 0. The number of aromatic nitrogens is 4. The van der Waals surface area contributed by atoms with Crippen LogP contribution in [0.15, 0.2) is 41.6 Å². The minimum absolute atomic E-state index is 0.106. The van der Waals surface area contributed by atoms with Crippen molar-refractivity contribution in [2.24, 2.45) is 0 Å². The molecule has 0 atom stereocenters. The van der Waals surface area contributed by atoms with E-state index < -0.39 is 0 Å². The van der Waals surface area contributed by atoms with Crippen molar-refractivity contribution in [1.29, 1.82) is 0 Å². The third-order valence-corrected chi connectivity index (χ3v) is 5.34. The van der Waals surface area contributed by atoms with Gasteiger partial charge in [0.25, 0.3) is 0 Å². The molecule has 6 heteroatoms. The van der Waals surface area contributed by atoms with E-state index in [0.717, 1.165) is 33.5 Å². The lowest BCUT2D eigenvalue weighted by Gasteiger charge is -2.14. The molecule has 3 aromatic rings. The first-order valence-corrected chi connectivity index (χ1v) is 9.04. The highest BCUT2D eigenvalue weighted by Crippen LogP contribution is 2.25. The molecule has 0 radical (unpaired) electrons. The highest BCUT2D eigenvalue weighted by molar-refractivity contribution is 7.99. The van der Waals surface area contributed by atoms with Crippen LogP contribution in [-0.4, -0.2) is 31.7 Å². The predicted octanol–water partition coefficient (Wildman–Crippen LogP) is 3.87. The number of tetrazole rings is 1. The number of carbonyl (C=O) groups is 1. The van der Waals surface area contributed by atoms with Crippen LogP contribution in [0.1, 0.15) is 32.6 Å². The van der Waals surface area contributed by atoms with Crippen molar-refractivity contribution in [2.75, 3.05) is 5.75 Å². The quantitative estimate of drug-likeness (QED) is 0.515. The van der Waals surface area contributed by atoms with Gasteiger partial charge in [-0.25, -0.2) is 0 Å². The van der Waals surface area contributed by atoms with Gasteiger partial charge in [-0.3, -0.25) is 4.79 Å². The van der Waals surface area contributed by atoms with Gasteiger partial charge in [0.1, 0.15) is 0 Å². The van der Waals surface area contributed by atoms with Crippen LogP contribution in [0.25, 0.3) is 5.69 Å². The number of aryl methyl sites for hydroxylation is 2. The number of para-hydroxylation sites is 1. The molecule has 0 unspecified atom stereocenters. The van der Waals surface area contributed by atoms with E-state index in [1.807, 2.05) is 58.0 Å². The van der Waals surface area contributed by atoms with Gasteiger partial charge < -0.3 is 0 Å². The SMILES string of the molecule is Cc1cc(C)c(C)c(C(=O)CSc2nnnn2-c2ccccc2)c1C. The van der Waals surface area contributed by atoms with E-state index in [2.05, 4.69) is 21.6 Å². The second-order valence-corrected chi connectivity index (χ2v) is 7.00. The largest absolute Gasteiger partial charge is 0.293 e. The lowest BCUT2D eigenvalue weighted by molar-refractivity contribution is 0.102. The maximum atomic E-state index is 12.8. The van der Waals surface area contributed by atoms with E-state index in [4.69, 9.17) is 0 Å². The minimum Gasteiger partial charge on any atom is -0.293 e. The Balaban J connectivity index is 1.82. The first-order valence-electron chi connectivity index (χ1n) is 8.06. The third-order valence-electron chi connectivity index (χ3n) is 4.42. The molecule has 0 saturated heterocycles. The van der Waals surface area contributed by atoms with Gasteiger partial charge in [0.15, 0.2) is 5.78 Å². The molecule has 1 heterocycles. The maximum Gasteiger partial charge on any atom is 0.214 e. The standard InChI is InChI=1S/C19H20N4OS/c1-12-10-13(2)15(4)18(14(12)3)17(24)11-25-19-20-21-22-23(19)16-8-6-5-7-9-16/h5-10H,11H2,1-4H3. The lowest BCUT2D eigenvalue weighted by Crippen LogP contribution is -2.10. The Morgan fingerprint density at radius 3 is 2.32 bits per heavy atom. The van der Waals surface area contributed by atoms with Crippen LogP contribution in [0.2, 0.25) is 0 Å². The van der Waals surface area contributed by atoms with Gasteiger partial charge in [-0.15, -0.1) is 5.10 Å². The zero-order valence-corrected chi connectivity index (χ0v) is 15.6. The first kappa shape index (κ1) is 17.4. The van der Waals surface area contributed by atoms with Crippen molar-refractivity contribution in [1.82, 2.24) is 20.2 Å². The smallest absolute Gasteiger partial charge is 0.214 e. The number of ketones is 1. The summed E-state index contributed by atoms with van der Waals surface area (Å²) in [5.74, 6) is 0.409. The van der Waals surface area contributed by atoms with Crippen LogP contribution in [0.4, 0.5) is 0 Å². The van der Waals surface area contributed by atoms with E-state index in [0.29, 0.717) is 10.9 Å². The second-order valence-electron chi connectivity index (χ2n) is 6.06. The Morgan fingerprint density at radius 1 is 1.04 bits per heavy atom. The van der Waals surface area contributed by atoms with Gasteiger partial charge in [-0.1, -0.05) is 36.0 Å². The number of carbonyl (C=O) groups excluding carboxylic acids is 1. The molecule has 25 heavy (non-hydrogen) atoms. The van der Waals surface area contributed by atoms with E-state index in [-0.39, 0.29) is 5.78 Å². The van der Waals surface area contributed by atoms with Crippen molar-refractivity contribution in [2.45, 2.75) is 32.9 Å². The summed E-state index contributed by atoms with van der Waals surface area (Å²) in [6, 6.07) is 11.8. The summed E-state index contributed by atoms with van der Waals surface area (Å²) in [5, 5.41) is 12.4. The van der Waals surface area contributed by atoms with Crippen molar-refractivity contribution in [3.05, 3.63) is 64.2 Å². The minimum atomic E-state index is 0.106. The number of hydrogen-bond acceptors (Lipinski definition) is 5. The fourth-order valence-electron chi connectivity index (χ4n) is 2.84. The monoisotopic (exact) mass is 352 g/mol. The van der Waals surface area contributed by atoms with E-state index in [1.165, 1.54) is 11.8 Å². The number of thioether (sulfide) groups is 1. The molecule has 0 aliphatic heterocycles. The molecule has 0 spiro atoms.